The fourth-order valence-electron chi connectivity index (χ4n) is 2.81. The number of ether oxygens (including phenoxy) is 1. The van der Waals surface area contributed by atoms with E-state index >= 15 is 0 Å². The molecule has 0 aromatic rings. The van der Waals surface area contributed by atoms with Crippen LogP contribution in [0.3, 0.4) is 0 Å². The molecule has 1 saturated heterocycles. The maximum absolute atomic E-state index is 9.33. The molecular weight excluding hydrogens is 190 g/mol. The molecular formula is C12H23NO2. The van der Waals surface area contributed by atoms with Crippen molar-refractivity contribution in [1.29, 1.82) is 0 Å². The summed E-state index contributed by atoms with van der Waals surface area (Å²) in [5, 5.41) is 13.0. The van der Waals surface area contributed by atoms with Gasteiger partial charge >= 0.3 is 0 Å². The van der Waals surface area contributed by atoms with Crippen LogP contribution in [-0.4, -0.2) is 37.0 Å². The molecule has 2 N–H and O–H groups in total. The Hall–Kier alpha value is -0.120. The van der Waals surface area contributed by atoms with Crippen molar-refractivity contribution in [3.8, 4) is 0 Å². The molecule has 0 amide bonds. The van der Waals surface area contributed by atoms with Crippen molar-refractivity contribution < 1.29 is 9.84 Å². The van der Waals surface area contributed by atoms with Gasteiger partial charge in [0.2, 0.25) is 0 Å². The zero-order chi connectivity index (χ0) is 10.5. The molecule has 0 radical (unpaired) electrons. The maximum Gasteiger partial charge on any atom is 0.0480 e. The highest BCUT2D eigenvalue weighted by atomic mass is 16.5. The van der Waals surface area contributed by atoms with E-state index in [0.717, 1.165) is 26.1 Å². The number of rotatable bonds is 3. The normalized spacial score (nSPS) is 34.2. The standard InChI is InChI=1S/C12H23NO2/c14-9-10-3-1-2-4-12(10)13-11-5-7-15-8-6-11/h10-14H,1-9H2. The Balaban J connectivity index is 1.79. The Labute approximate surface area is 92.2 Å². The summed E-state index contributed by atoms with van der Waals surface area (Å²) in [6.45, 7) is 2.14. The van der Waals surface area contributed by atoms with Gasteiger partial charge in [0.1, 0.15) is 0 Å². The molecule has 1 saturated carbocycles. The third-order valence-corrected chi connectivity index (χ3v) is 3.81. The second-order valence-corrected chi connectivity index (χ2v) is 4.89. The molecule has 15 heavy (non-hydrogen) atoms. The molecule has 0 aromatic heterocycles. The van der Waals surface area contributed by atoms with E-state index in [0.29, 0.717) is 24.6 Å². The minimum Gasteiger partial charge on any atom is -0.396 e. The van der Waals surface area contributed by atoms with E-state index in [2.05, 4.69) is 5.32 Å². The molecule has 2 aliphatic rings. The van der Waals surface area contributed by atoms with E-state index in [9.17, 15) is 5.11 Å². The second kappa shape index (κ2) is 5.83. The molecule has 2 atom stereocenters. The summed E-state index contributed by atoms with van der Waals surface area (Å²) in [5.74, 6) is 0.488. The zero-order valence-corrected chi connectivity index (χ0v) is 9.45. The lowest BCUT2D eigenvalue weighted by Crippen LogP contribution is -2.47. The topological polar surface area (TPSA) is 41.5 Å². The number of hydrogen-bond donors (Lipinski definition) is 2. The number of aliphatic hydroxyl groups is 1. The predicted octanol–water partition coefficient (Wildman–Crippen LogP) is 1.31. The van der Waals surface area contributed by atoms with Gasteiger partial charge < -0.3 is 15.2 Å². The lowest BCUT2D eigenvalue weighted by Gasteiger charge is -2.35. The zero-order valence-electron chi connectivity index (χ0n) is 9.45. The van der Waals surface area contributed by atoms with E-state index in [-0.39, 0.29) is 0 Å². The highest BCUT2D eigenvalue weighted by molar-refractivity contribution is 4.84. The molecule has 3 nitrogen and oxygen atoms in total. The van der Waals surface area contributed by atoms with Crippen molar-refractivity contribution in [3.63, 3.8) is 0 Å². The van der Waals surface area contributed by atoms with E-state index < -0.39 is 0 Å². The Morgan fingerprint density at radius 1 is 1.07 bits per heavy atom. The number of hydrogen-bond acceptors (Lipinski definition) is 3. The van der Waals surface area contributed by atoms with Gasteiger partial charge in [-0.2, -0.15) is 0 Å². The fourth-order valence-corrected chi connectivity index (χ4v) is 2.81. The van der Waals surface area contributed by atoms with Crippen molar-refractivity contribution in [1.82, 2.24) is 5.32 Å². The molecule has 2 fully saturated rings. The highest BCUT2D eigenvalue weighted by Gasteiger charge is 2.26. The van der Waals surface area contributed by atoms with Gasteiger partial charge in [0, 0.05) is 31.9 Å². The van der Waals surface area contributed by atoms with Crippen LogP contribution in [0.2, 0.25) is 0 Å². The van der Waals surface area contributed by atoms with Crippen molar-refractivity contribution in [2.75, 3.05) is 19.8 Å². The molecule has 0 spiro atoms. The Morgan fingerprint density at radius 3 is 2.53 bits per heavy atom. The van der Waals surface area contributed by atoms with Crippen LogP contribution in [0, 0.1) is 5.92 Å². The van der Waals surface area contributed by atoms with Crippen molar-refractivity contribution >= 4 is 0 Å². The van der Waals surface area contributed by atoms with Crippen LogP contribution in [0.25, 0.3) is 0 Å². The lowest BCUT2D eigenvalue weighted by molar-refractivity contribution is 0.0646. The van der Waals surface area contributed by atoms with E-state index in [1.807, 2.05) is 0 Å². The second-order valence-electron chi connectivity index (χ2n) is 4.89. The Kier molecular flexibility index (Phi) is 4.42. The first-order valence-corrected chi connectivity index (χ1v) is 6.35. The van der Waals surface area contributed by atoms with Crippen molar-refractivity contribution in [2.24, 2.45) is 5.92 Å². The minimum absolute atomic E-state index is 0.348. The molecule has 1 aliphatic carbocycles. The first kappa shape index (κ1) is 11.4. The minimum atomic E-state index is 0.348. The molecule has 88 valence electrons. The maximum atomic E-state index is 9.33. The van der Waals surface area contributed by atoms with Gasteiger partial charge in [0.05, 0.1) is 0 Å². The lowest BCUT2D eigenvalue weighted by atomic mass is 9.84. The molecule has 0 bridgehead atoms. The highest BCUT2D eigenvalue weighted by Crippen LogP contribution is 2.25. The molecule has 3 heteroatoms. The average Bonchev–Trinajstić information content (AvgIpc) is 2.31. The molecule has 1 aliphatic heterocycles. The summed E-state index contributed by atoms with van der Waals surface area (Å²) in [5.41, 5.74) is 0. The molecule has 0 aromatic carbocycles. The predicted molar refractivity (Wildman–Crippen MR) is 59.8 cm³/mol. The van der Waals surface area contributed by atoms with E-state index in [4.69, 9.17) is 4.74 Å². The average molecular weight is 213 g/mol. The summed E-state index contributed by atoms with van der Waals surface area (Å²) in [7, 11) is 0. The molecule has 2 unspecified atom stereocenters. The SMILES string of the molecule is OCC1CCCCC1NC1CCOCC1. The van der Waals surface area contributed by atoms with Gasteiger partial charge in [-0.1, -0.05) is 12.8 Å². The first-order valence-electron chi connectivity index (χ1n) is 6.35. The summed E-state index contributed by atoms with van der Waals surface area (Å²) in [4.78, 5) is 0. The summed E-state index contributed by atoms with van der Waals surface area (Å²) in [6, 6.07) is 1.17. The van der Waals surface area contributed by atoms with Crippen LogP contribution in [0.1, 0.15) is 38.5 Å². The fraction of sp³-hybridized carbons (Fsp3) is 1.00. The summed E-state index contributed by atoms with van der Waals surface area (Å²) >= 11 is 0. The van der Waals surface area contributed by atoms with Crippen LogP contribution in [0.5, 0.6) is 0 Å². The number of nitrogens with one attached hydrogen (secondary N) is 1. The summed E-state index contributed by atoms with van der Waals surface area (Å²) < 4.78 is 5.35. The quantitative estimate of drug-likeness (QED) is 0.742. The monoisotopic (exact) mass is 213 g/mol. The number of aliphatic hydroxyl groups excluding tert-OH is 1. The van der Waals surface area contributed by atoms with Gasteiger partial charge in [-0.05, 0) is 31.6 Å². The van der Waals surface area contributed by atoms with Crippen LogP contribution in [0.4, 0.5) is 0 Å². The largest absolute Gasteiger partial charge is 0.396 e. The van der Waals surface area contributed by atoms with Gasteiger partial charge in [0.25, 0.3) is 0 Å². The van der Waals surface area contributed by atoms with E-state index in [1.165, 1.54) is 25.7 Å². The third kappa shape index (κ3) is 3.16. The smallest absolute Gasteiger partial charge is 0.0480 e. The van der Waals surface area contributed by atoms with Crippen molar-refractivity contribution in [2.45, 2.75) is 50.6 Å². The molecule has 1 heterocycles. The summed E-state index contributed by atoms with van der Waals surface area (Å²) in [6.07, 6.45) is 7.30. The Bertz CT molecular complexity index is 180. The van der Waals surface area contributed by atoms with Crippen LogP contribution in [-0.2, 0) is 4.74 Å². The first-order chi connectivity index (χ1) is 7.40. The van der Waals surface area contributed by atoms with Crippen LogP contribution >= 0.6 is 0 Å². The molecule has 2 rings (SSSR count). The van der Waals surface area contributed by atoms with Gasteiger partial charge in [-0.3, -0.25) is 0 Å². The van der Waals surface area contributed by atoms with Gasteiger partial charge in [0.15, 0.2) is 0 Å². The third-order valence-electron chi connectivity index (χ3n) is 3.81. The van der Waals surface area contributed by atoms with Crippen LogP contribution < -0.4 is 5.32 Å². The Morgan fingerprint density at radius 2 is 1.80 bits per heavy atom. The van der Waals surface area contributed by atoms with Crippen LogP contribution in [0.15, 0.2) is 0 Å². The van der Waals surface area contributed by atoms with Crippen molar-refractivity contribution in [3.05, 3.63) is 0 Å². The van der Waals surface area contributed by atoms with Gasteiger partial charge in [-0.25, -0.2) is 0 Å². The van der Waals surface area contributed by atoms with E-state index in [1.54, 1.807) is 0 Å². The van der Waals surface area contributed by atoms with Gasteiger partial charge in [-0.15, -0.1) is 0 Å².